The molecule has 2 rings (SSSR count). The Kier molecular flexibility index (Phi) is 2.22. The molecule has 0 aliphatic heterocycles. The maximum absolute atomic E-state index is 10.6. The number of carbonyl (C=O) groups is 1. The SMILES string of the molecule is NC(=O)Nc1ncccc1OC1CC1. The number of carbonyl (C=O) groups excluding carboxylic acids is 1. The third kappa shape index (κ3) is 2.12. The van der Waals surface area contributed by atoms with Crippen molar-refractivity contribution in [3.63, 3.8) is 0 Å². The topological polar surface area (TPSA) is 77.2 Å². The van der Waals surface area contributed by atoms with E-state index in [9.17, 15) is 4.79 Å². The molecule has 1 heterocycles. The third-order valence-electron chi connectivity index (χ3n) is 1.83. The van der Waals surface area contributed by atoms with Crippen molar-refractivity contribution in [1.29, 1.82) is 0 Å². The number of nitrogens with zero attached hydrogens (tertiary/aromatic N) is 1. The van der Waals surface area contributed by atoms with E-state index in [2.05, 4.69) is 10.3 Å². The lowest BCUT2D eigenvalue weighted by Crippen LogP contribution is -2.20. The van der Waals surface area contributed by atoms with Gasteiger partial charge in [-0.05, 0) is 25.0 Å². The number of nitrogens with one attached hydrogen (secondary N) is 1. The van der Waals surface area contributed by atoms with E-state index in [-0.39, 0.29) is 6.10 Å². The van der Waals surface area contributed by atoms with Gasteiger partial charge in [0.05, 0.1) is 6.10 Å². The van der Waals surface area contributed by atoms with E-state index < -0.39 is 6.03 Å². The molecule has 1 fully saturated rings. The van der Waals surface area contributed by atoms with Crippen LogP contribution in [0.2, 0.25) is 0 Å². The lowest BCUT2D eigenvalue weighted by atomic mass is 10.4. The Labute approximate surface area is 81.3 Å². The molecule has 0 bridgehead atoms. The van der Waals surface area contributed by atoms with Crippen LogP contribution in [0.4, 0.5) is 10.6 Å². The molecular formula is C9H11N3O2. The highest BCUT2D eigenvalue weighted by atomic mass is 16.5. The van der Waals surface area contributed by atoms with Gasteiger partial charge in [0.2, 0.25) is 0 Å². The summed E-state index contributed by atoms with van der Waals surface area (Å²) < 4.78 is 5.52. The first-order valence-electron chi connectivity index (χ1n) is 4.44. The normalized spacial score (nSPS) is 14.9. The molecule has 1 aliphatic carbocycles. The minimum atomic E-state index is -0.635. The van der Waals surface area contributed by atoms with Crippen LogP contribution in [0.15, 0.2) is 18.3 Å². The summed E-state index contributed by atoms with van der Waals surface area (Å²) in [5.41, 5.74) is 4.99. The van der Waals surface area contributed by atoms with Gasteiger partial charge >= 0.3 is 6.03 Å². The van der Waals surface area contributed by atoms with Gasteiger partial charge in [0.15, 0.2) is 11.6 Å². The molecule has 74 valence electrons. The van der Waals surface area contributed by atoms with Crippen LogP contribution in [0.1, 0.15) is 12.8 Å². The number of urea groups is 1. The predicted molar refractivity (Wildman–Crippen MR) is 51.1 cm³/mol. The van der Waals surface area contributed by atoms with Crippen LogP contribution in [-0.4, -0.2) is 17.1 Å². The number of pyridine rings is 1. The highest BCUT2D eigenvalue weighted by Gasteiger charge is 2.24. The molecule has 1 aromatic rings. The fraction of sp³-hybridized carbons (Fsp3) is 0.333. The molecule has 5 heteroatoms. The first kappa shape index (κ1) is 8.80. The third-order valence-corrected chi connectivity index (χ3v) is 1.83. The molecule has 1 aliphatic rings. The van der Waals surface area contributed by atoms with Gasteiger partial charge in [-0.3, -0.25) is 5.32 Å². The molecular weight excluding hydrogens is 182 g/mol. The van der Waals surface area contributed by atoms with Crippen LogP contribution < -0.4 is 15.8 Å². The van der Waals surface area contributed by atoms with E-state index in [4.69, 9.17) is 10.5 Å². The zero-order valence-electron chi connectivity index (χ0n) is 7.56. The maximum atomic E-state index is 10.6. The molecule has 0 saturated heterocycles. The monoisotopic (exact) mass is 193 g/mol. The van der Waals surface area contributed by atoms with Gasteiger partial charge in [0.25, 0.3) is 0 Å². The van der Waals surface area contributed by atoms with E-state index >= 15 is 0 Å². The number of ether oxygens (including phenoxy) is 1. The number of nitrogens with two attached hydrogens (primary N) is 1. The highest BCUT2D eigenvalue weighted by Crippen LogP contribution is 2.30. The zero-order chi connectivity index (χ0) is 9.97. The smallest absolute Gasteiger partial charge is 0.317 e. The number of hydrogen-bond acceptors (Lipinski definition) is 3. The molecule has 3 N–H and O–H groups in total. The molecule has 1 saturated carbocycles. The Morgan fingerprint density at radius 3 is 3.07 bits per heavy atom. The van der Waals surface area contributed by atoms with Gasteiger partial charge < -0.3 is 10.5 Å². The molecule has 1 aromatic heterocycles. The Morgan fingerprint density at radius 1 is 1.64 bits per heavy atom. The fourth-order valence-electron chi connectivity index (χ4n) is 1.06. The van der Waals surface area contributed by atoms with Crippen LogP contribution in [0.5, 0.6) is 5.75 Å². The van der Waals surface area contributed by atoms with Gasteiger partial charge in [0, 0.05) is 6.20 Å². The first-order chi connectivity index (χ1) is 6.75. The van der Waals surface area contributed by atoms with E-state index in [1.54, 1.807) is 18.3 Å². The van der Waals surface area contributed by atoms with Crippen molar-refractivity contribution < 1.29 is 9.53 Å². The predicted octanol–water partition coefficient (Wildman–Crippen LogP) is 1.11. The summed E-state index contributed by atoms with van der Waals surface area (Å²) in [6.07, 6.45) is 3.97. The van der Waals surface area contributed by atoms with Crippen molar-refractivity contribution in [1.82, 2.24) is 4.98 Å². The number of rotatable bonds is 3. The molecule has 0 radical (unpaired) electrons. The van der Waals surface area contributed by atoms with E-state index in [1.807, 2.05) is 0 Å². The van der Waals surface area contributed by atoms with Crippen molar-refractivity contribution in [2.24, 2.45) is 5.73 Å². The van der Waals surface area contributed by atoms with Gasteiger partial charge in [-0.2, -0.15) is 0 Å². The highest BCUT2D eigenvalue weighted by molar-refractivity contribution is 5.88. The lowest BCUT2D eigenvalue weighted by Gasteiger charge is -2.08. The van der Waals surface area contributed by atoms with Crippen molar-refractivity contribution >= 4 is 11.8 Å². The van der Waals surface area contributed by atoms with E-state index in [1.165, 1.54) is 0 Å². The molecule has 0 aromatic carbocycles. The van der Waals surface area contributed by atoms with Gasteiger partial charge in [0.1, 0.15) is 0 Å². The summed E-state index contributed by atoms with van der Waals surface area (Å²) in [6.45, 7) is 0. The minimum absolute atomic E-state index is 0.271. The summed E-state index contributed by atoms with van der Waals surface area (Å²) in [5.74, 6) is 0.959. The van der Waals surface area contributed by atoms with Crippen LogP contribution in [0.3, 0.4) is 0 Å². The average Bonchev–Trinajstić information content (AvgIpc) is 2.91. The summed E-state index contributed by atoms with van der Waals surface area (Å²) in [7, 11) is 0. The van der Waals surface area contributed by atoms with Gasteiger partial charge in [-0.25, -0.2) is 9.78 Å². The van der Waals surface area contributed by atoms with Crippen molar-refractivity contribution in [3.05, 3.63) is 18.3 Å². The molecule has 0 atom stereocenters. The van der Waals surface area contributed by atoms with Crippen molar-refractivity contribution in [2.45, 2.75) is 18.9 Å². The second-order valence-corrected chi connectivity index (χ2v) is 3.16. The summed E-state index contributed by atoms with van der Waals surface area (Å²) in [4.78, 5) is 14.6. The Bertz CT molecular complexity index is 350. The molecule has 0 unspecified atom stereocenters. The molecule has 5 nitrogen and oxygen atoms in total. The van der Waals surface area contributed by atoms with Gasteiger partial charge in [-0.1, -0.05) is 0 Å². The van der Waals surface area contributed by atoms with E-state index in [0.717, 1.165) is 12.8 Å². The number of hydrogen-bond donors (Lipinski definition) is 2. The van der Waals surface area contributed by atoms with Crippen LogP contribution >= 0.6 is 0 Å². The zero-order valence-corrected chi connectivity index (χ0v) is 7.56. The van der Waals surface area contributed by atoms with Crippen LogP contribution in [0.25, 0.3) is 0 Å². The number of primary amides is 1. The molecule has 14 heavy (non-hydrogen) atoms. The van der Waals surface area contributed by atoms with Crippen LogP contribution in [0, 0.1) is 0 Å². The van der Waals surface area contributed by atoms with E-state index in [0.29, 0.717) is 11.6 Å². The lowest BCUT2D eigenvalue weighted by molar-refractivity contribution is 0.258. The number of aromatic nitrogens is 1. The summed E-state index contributed by atoms with van der Waals surface area (Å²) in [5, 5.41) is 2.41. The first-order valence-corrected chi connectivity index (χ1v) is 4.44. The Morgan fingerprint density at radius 2 is 2.43 bits per heavy atom. The summed E-state index contributed by atoms with van der Waals surface area (Å²) in [6, 6.07) is 2.88. The standard InChI is InChI=1S/C9H11N3O2/c10-9(13)12-8-7(2-1-5-11-8)14-6-3-4-6/h1-2,5-6H,3-4H2,(H3,10,11,12,13). The van der Waals surface area contributed by atoms with Crippen molar-refractivity contribution in [3.8, 4) is 5.75 Å². The number of amides is 2. The second kappa shape index (κ2) is 3.53. The average molecular weight is 193 g/mol. The summed E-state index contributed by atoms with van der Waals surface area (Å²) >= 11 is 0. The quantitative estimate of drug-likeness (QED) is 0.754. The minimum Gasteiger partial charge on any atom is -0.487 e. The van der Waals surface area contributed by atoms with Gasteiger partial charge in [-0.15, -0.1) is 0 Å². The molecule has 0 spiro atoms. The Hall–Kier alpha value is -1.78. The molecule has 2 amide bonds. The fourth-order valence-corrected chi connectivity index (χ4v) is 1.06. The maximum Gasteiger partial charge on any atom is 0.317 e. The van der Waals surface area contributed by atoms with Crippen LogP contribution in [-0.2, 0) is 0 Å². The Balaban J connectivity index is 2.14. The number of anilines is 1. The second-order valence-electron chi connectivity index (χ2n) is 3.16. The largest absolute Gasteiger partial charge is 0.487 e. The van der Waals surface area contributed by atoms with Crippen molar-refractivity contribution in [2.75, 3.05) is 5.32 Å².